The van der Waals surface area contributed by atoms with E-state index in [2.05, 4.69) is 37.8 Å². The van der Waals surface area contributed by atoms with Gasteiger partial charge in [-0.15, -0.1) is 11.6 Å². The number of unbranched alkanes of at least 4 members (excludes halogenated alkanes) is 2. The molecular formula is C64H75ClN10O10. The lowest BCUT2D eigenvalue weighted by Gasteiger charge is -2.34. The van der Waals surface area contributed by atoms with Gasteiger partial charge in [-0.1, -0.05) is 75.8 Å². The summed E-state index contributed by atoms with van der Waals surface area (Å²) in [6.45, 7) is 16.4. The molecule has 448 valence electrons. The number of nitrogens with zero attached hydrogens (tertiary/aromatic N) is 4. The lowest BCUT2D eigenvalue weighted by atomic mass is 9.89. The molecule has 0 radical (unpaired) electrons. The fourth-order valence-corrected chi connectivity index (χ4v) is 11.3. The van der Waals surface area contributed by atoms with Crippen molar-refractivity contribution in [3.8, 4) is 5.75 Å². The Hall–Kier alpha value is -8.78. The van der Waals surface area contributed by atoms with Gasteiger partial charge in [0.25, 0.3) is 23.6 Å². The van der Waals surface area contributed by atoms with E-state index in [9.17, 15) is 43.2 Å². The number of imide groups is 1. The van der Waals surface area contributed by atoms with Crippen LogP contribution < -0.4 is 30.9 Å². The summed E-state index contributed by atoms with van der Waals surface area (Å²) < 4.78 is 6.12. The second-order valence-corrected chi connectivity index (χ2v) is 22.5. The van der Waals surface area contributed by atoms with Gasteiger partial charge in [-0.3, -0.25) is 43.3 Å². The van der Waals surface area contributed by atoms with Crippen LogP contribution in [0.2, 0.25) is 0 Å². The number of amides is 9. The molecule has 0 aliphatic carbocycles. The van der Waals surface area contributed by atoms with Crippen LogP contribution in [-0.2, 0) is 41.6 Å². The number of nitrogens with one attached hydrogen (secondary N) is 6. The fraction of sp³-hybridized carbons (Fsp3) is 0.391. The van der Waals surface area contributed by atoms with Crippen molar-refractivity contribution in [2.45, 2.75) is 104 Å². The number of allylic oxidation sites excluding steroid dienone is 2. The Morgan fingerprint density at radius 1 is 0.847 bits per heavy atom. The molecular weight excluding hydrogens is 1100 g/mol. The van der Waals surface area contributed by atoms with E-state index >= 15 is 0 Å². The number of ether oxygens (including phenoxy) is 1. The average Bonchev–Trinajstić information content (AvgIpc) is 1.75. The van der Waals surface area contributed by atoms with Gasteiger partial charge < -0.3 is 50.7 Å². The monoisotopic (exact) mass is 1180 g/mol. The number of piperazine rings is 1. The van der Waals surface area contributed by atoms with Crippen molar-refractivity contribution in [2.75, 3.05) is 61.9 Å². The lowest BCUT2D eigenvalue weighted by Crippen LogP contribution is -2.56. The normalized spacial score (nSPS) is 15.6. The van der Waals surface area contributed by atoms with Crippen molar-refractivity contribution in [3.05, 3.63) is 136 Å². The van der Waals surface area contributed by atoms with E-state index < -0.39 is 35.9 Å². The maximum absolute atomic E-state index is 14.6. The fourth-order valence-electron chi connectivity index (χ4n) is 11.1. The summed E-state index contributed by atoms with van der Waals surface area (Å²) in [6, 6.07) is 17.7. The molecule has 3 unspecified atom stereocenters. The standard InChI is InChI=1S/C64H75ClN10O10/c1-8-16-46-42(9-2)32-50(68-46)61(81)67-45-20-21-47-43(31-45)33-51(69-47)63(83)75-37-44(35-65)59-52(75)34-53(40(7)58(59)39(5)6)85-64(84)73-27-25-72(26-28-73)57(79)36-66-60(80)48(29-38(3)4)71-62(82)49(30-41-17-12-10-13-18-41)70-54(76)19-14-11-15-24-74-55(77)22-23-56(74)78/h8,10,12-13,16-18,20-23,31-34,38,44,48-49,68-69H,5,9,11,14-15,19,24-30,35-37H2,1-4,6-7H3,(H,66,80)(H,67,81)(H,70,76)(H,71,82). The van der Waals surface area contributed by atoms with Crippen LogP contribution in [0.1, 0.15) is 127 Å². The third kappa shape index (κ3) is 15.1. The number of carbonyl (C=O) groups is 9. The zero-order valence-electron chi connectivity index (χ0n) is 49.0. The van der Waals surface area contributed by atoms with Crippen LogP contribution in [0, 0.1) is 12.8 Å². The predicted molar refractivity (Wildman–Crippen MR) is 327 cm³/mol. The lowest BCUT2D eigenvalue weighted by molar-refractivity contribution is -0.137. The van der Waals surface area contributed by atoms with Crippen LogP contribution in [0.15, 0.2) is 91.5 Å². The molecule has 20 nitrogen and oxygen atoms in total. The van der Waals surface area contributed by atoms with Crippen molar-refractivity contribution in [2.24, 2.45) is 5.92 Å². The Bertz CT molecular complexity index is 3430. The molecule has 3 aromatic carbocycles. The van der Waals surface area contributed by atoms with Crippen LogP contribution in [-0.4, -0.2) is 142 Å². The summed E-state index contributed by atoms with van der Waals surface area (Å²) in [5, 5.41) is 12.0. The molecule has 0 saturated carbocycles. The molecule has 3 aliphatic heterocycles. The maximum atomic E-state index is 14.6. The van der Waals surface area contributed by atoms with Crippen molar-refractivity contribution in [3.63, 3.8) is 0 Å². The van der Waals surface area contributed by atoms with Crippen molar-refractivity contribution in [1.29, 1.82) is 0 Å². The van der Waals surface area contributed by atoms with E-state index in [1.165, 1.54) is 22.0 Å². The van der Waals surface area contributed by atoms with Gasteiger partial charge in [0, 0.05) is 104 Å². The summed E-state index contributed by atoms with van der Waals surface area (Å²) in [4.78, 5) is 132. The number of rotatable bonds is 24. The minimum atomic E-state index is -1.03. The number of aromatic amines is 2. The molecule has 5 aromatic rings. The second kappa shape index (κ2) is 28.2. The number of aryl methyl sites for hydroxylation is 1. The number of carbonyl (C=O) groups excluding carboxylic acids is 9. The number of alkyl halides is 1. The summed E-state index contributed by atoms with van der Waals surface area (Å²) >= 11 is 6.61. The molecule has 21 heteroatoms. The van der Waals surface area contributed by atoms with E-state index in [0.717, 1.165) is 39.3 Å². The Morgan fingerprint density at radius 3 is 2.24 bits per heavy atom. The van der Waals surface area contributed by atoms with Crippen molar-refractivity contribution < 1.29 is 47.9 Å². The highest BCUT2D eigenvalue weighted by Crippen LogP contribution is 2.47. The first-order valence-corrected chi connectivity index (χ1v) is 29.5. The van der Waals surface area contributed by atoms with E-state index in [1.807, 2.05) is 90.1 Å². The van der Waals surface area contributed by atoms with Crippen LogP contribution in [0.3, 0.4) is 0 Å². The molecule has 8 rings (SSSR count). The minimum Gasteiger partial charge on any atom is -0.410 e. The number of hydrogen-bond donors (Lipinski definition) is 6. The van der Waals surface area contributed by atoms with Gasteiger partial charge in [-0.05, 0) is 117 Å². The SMILES string of the molecule is C=C(C)c1c(C)c(OC(=O)N2CCN(C(=O)CNC(=O)C(CC(C)C)NC(=O)C(Cc3ccccc3)NC(=O)CCCCCN3C(=O)C=CC3=O)CC2)cc2c1C(CCl)CN2C(=O)c1cc2cc(NC(=O)c3cc(CC)c(C=CC)[nH]3)ccc2[nH]1. The maximum Gasteiger partial charge on any atom is 0.415 e. The smallest absolute Gasteiger partial charge is 0.410 e. The highest BCUT2D eigenvalue weighted by atomic mass is 35.5. The number of anilines is 2. The largest absolute Gasteiger partial charge is 0.415 e. The number of fused-ring (bicyclic) bond motifs is 2. The summed E-state index contributed by atoms with van der Waals surface area (Å²) in [6.07, 6.45) is 8.47. The van der Waals surface area contributed by atoms with Crippen LogP contribution in [0.5, 0.6) is 5.75 Å². The number of hydrogen-bond acceptors (Lipinski definition) is 10. The molecule has 6 N–H and O–H groups in total. The molecule has 9 amide bonds. The summed E-state index contributed by atoms with van der Waals surface area (Å²) in [7, 11) is 0. The molecule has 1 saturated heterocycles. The number of H-pyrrole nitrogens is 2. The first-order chi connectivity index (χ1) is 40.8. The quantitative estimate of drug-likeness (QED) is 0.0196. The van der Waals surface area contributed by atoms with E-state index in [4.69, 9.17) is 16.3 Å². The van der Waals surface area contributed by atoms with Crippen LogP contribution in [0.4, 0.5) is 16.2 Å². The highest BCUT2D eigenvalue weighted by Gasteiger charge is 2.38. The van der Waals surface area contributed by atoms with Crippen molar-refractivity contribution >= 4 is 98.9 Å². The number of aromatic nitrogens is 2. The number of benzene rings is 3. The Balaban J connectivity index is 0.863. The van der Waals surface area contributed by atoms with Crippen molar-refractivity contribution in [1.82, 2.24) is 40.6 Å². The van der Waals surface area contributed by atoms with Gasteiger partial charge in [-0.2, -0.15) is 0 Å². The van der Waals surface area contributed by atoms with E-state index in [-0.39, 0.29) is 118 Å². The summed E-state index contributed by atoms with van der Waals surface area (Å²) in [5.74, 6) is -3.09. The van der Waals surface area contributed by atoms with Gasteiger partial charge in [0.1, 0.15) is 29.2 Å². The average molecular weight is 1180 g/mol. The van der Waals surface area contributed by atoms with Crippen LogP contribution >= 0.6 is 11.6 Å². The Kier molecular flexibility index (Phi) is 20.7. The first kappa shape index (κ1) is 62.3. The first-order valence-electron chi connectivity index (χ1n) is 29.0. The zero-order valence-corrected chi connectivity index (χ0v) is 49.8. The van der Waals surface area contributed by atoms with Gasteiger partial charge in [0.05, 0.1) is 12.2 Å². The van der Waals surface area contributed by atoms with E-state index in [1.54, 1.807) is 35.2 Å². The minimum absolute atomic E-state index is 0.0349. The van der Waals surface area contributed by atoms with Crippen LogP contribution in [0.25, 0.3) is 22.6 Å². The second-order valence-electron chi connectivity index (χ2n) is 22.2. The van der Waals surface area contributed by atoms with E-state index in [0.29, 0.717) is 64.1 Å². The Morgan fingerprint density at radius 2 is 1.56 bits per heavy atom. The highest BCUT2D eigenvalue weighted by molar-refractivity contribution is 6.19. The van der Waals surface area contributed by atoms with Gasteiger partial charge >= 0.3 is 6.09 Å². The number of halogens is 1. The van der Waals surface area contributed by atoms with Gasteiger partial charge in [0.15, 0.2) is 0 Å². The zero-order chi connectivity index (χ0) is 61.1. The molecule has 3 aliphatic rings. The topological polar surface area (TPSA) is 256 Å². The molecule has 5 heterocycles. The molecule has 0 bridgehead atoms. The summed E-state index contributed by atoms with van der Waals surface area (Å²) in [5.41, 5.74) is 8.11. The third-order valence-corrected chi connectivity index (χ3v) is 15.9. The third-order valence-electron chi connectivity index (χ3n) is 15.5. The molecule has 85 heavy (non-hydrogen) atoms. The van der Waals surface area contributed by atoms with Gasteiger partial charge in [0.2, 0.25) is 23.6 Å². The molecule has 1 fully saturated rings. The predicted octanol–water partition coefficient (Wildman–Crippen LogP) is 8.17. The molecule has 2 aromatic heterocycles. The van der Waals surface area contributed by atoms with Gasteiger partial charge in [-0.25, -0.2) is 4.79 Å². The Labute approximate surface area is 499 Å². The molecule has 0 spiro atoms. The molecule has 3 atom stereocenters.